The number of hydrogen-bond donors (Lipinski definition) is 1. The normalized spacial score (nSPS) is 27.0. The zero-order valence-corrected chi connectivity index (χ0v) is 18.6. The van der Waals surface area contributed by atoms with E-state index >= 15 is 0 Å². The first-order valence-corrected chi connectivity index (χ1v) is 11.5. The van der Waals surface area contributed by atoms with Gasteiger partial charge in [0, 0.05) is 44.0 Å². The molecule has 2 aliphatic carbocycles. The number of hydrogen-bond acceptors (Lipinski definition) is 6. The summed E-state index contributed by atoms with van der Waals surface area (Å²) in [5, 5.41) is 3.20. The molecule has 3 aliphatic rings. The molecule has 1 aromatic carbocycles. The monoisotopic (exact) mass is 439 g/mol. The van der Waals surface area contributed by atoms with E-state index in [9.17, 15) is 9.18 Å². The third-order valence-corrected chi connectivity index (χ3v) is 7.31. The Morgan fingerprint density at radius 1 is 1.22 bits per heavy atom. The SMILES string of the molecule is COc1ccc(N2CCN(c3nccc(C(=O)NC4CC5CCC4C5)n3)C(C)C2)c(F)c1. The number of anilines is 2. The van der Waals surface area contributed by atoms with Crippen LogP contribution < -0.4 is 19.9 Å². The van der Waals surface area contributed by atoms with Crippen molar-refractivity contribution >= 4 is 17.5 Å². The van der Waals surface area contributed by atoms with Gasteiger partial charge >= 0.3 is 0 Å². The summed E-state index contributed by atoms with van der Waals surface area (Å²) in [6.07, 6.45) is 6.52. The van der Waals surface area contributed by atoms with E-state index in [1.165, 1.54) is 32.4 Å². The highest BCUT2D eigenvalue weighted by Gasteiger charge is 2.40. The van der Waals surface area contributed by atoms with Crippen molar-refractivity contribution in [3.63, 3.8) is 0 Å². The van der Waals surface area contributed by atoms with E-state index in [4.69, 9.17) is 4.74 Å². The minimum Gasteiger partial charge on any atom is -0.497 e. The lowest BCUT2D eigenvalue weighted by atomic mass is 9.95. The van der Waals surface area contributed by atoms with Crippen LogP contribution in [0.25, 0.3) is 0 Å². The molecule has 170 valence electrons. The fourth-order valence-corrected chi connectivity index (χ4v) is 5.62. The van der Waals surface area contributed by atoms with Crippen molar-refractivity contribution in [2.24, 2.45) is 11.8 Å². The Morgan fingerprint density at radius 3 is 2.78 bits per heavy atom. The Hall–Kier alpha value is -2.90. The molecule has 2 heterocycles. The average molecular weight is 440 g/mol. The number of benzene rings is 1. The predicted molar refractivity (Wildman–Crippen MR) is 121 cm³/mol. The molecule has 2 bridgehead atoms. The van der Waals surface area contributed by atoms with Gasteiger partial charge in [0.05, 0.1) is 12.8 Å². The van der Waals surface area contributed by atoms with Crippen LogP contribution >= 0.6 is 0 Å². The average Bonchev–Trinajstić information content (AvgIpc) is 3.42. The highest BCUT2D eigenvalue weighted by molar-refractivity contribution is 5.92. The van der Waals surface area contributed by atoms with Crippen LogP contribution in [0.4, 0.5) is 16.0 Å². The summed E-state index contributed by atoms with van der Waals surface area (Å²) in [5.41, 5.74) is 0.978. The highest BCUT2D eigenvalue weighted by atomic mass is 19.1. The predicted octanol–water partition coefficient (Wildman–Crippen LogP) is 3.26. The number of fused-ring (bicyclic) bond motifs is 2. The van der Waals surface area contributed by atoms with Crippen LogP contribution in [0.5, 0.6) is 5.75 Å². The maximum absolute atomic E-state index is 14.5. The number of rotatable bonds is 5. The molecule has 5 rings (SSSR count). The van der Waals surface area contributed by atoms with E-state index < -0.39 is 0 Å². The second-order valence-corrected chi connectivity index (χ2v) is 9.30. The molecule has 0 spiro atoms. The molecule has 7 nitrogen and oxygen atoms in total. The molecule has 32 heavy (non-hydrogen) atoms. The summed E-state index contributed by atoms with van der Waals surface area (Å²) in [6.45, 7) is 3.98. The van der Waals surface area contributed by atoms with E-state index in [1.54, 1.807) is 24.4 Å². The second kappa shape index (κ2) is 8.56. The lowest BCUT2D eigenvalue weighted by molar-refractivity contribution is 0.0917. The fraction of sp³-hybridized carbons (Fsp3) is 0.542. The number of nitrogens with one attached hydrogen (secondary N) is 1. The Labute approximate surface area is 188 Å². The van der Waals surface area contributed by atoms with Crippen molar-refractivity contribution in [2.45, 2.75) is 44.7 Å². The zero-order chi connectivity index (χ0) is 22.2. The Balaban J connectivity index is 1.25. The molecule has 3 fully saturated rings. The topological polar surface area (TPSA) is 70.6 Å². The molecule has 1 amide bonds. The van der Waals surface area contributed by atoms with Gasteiger partial charge in [0.15, 0.2) is 0 Å². The van der Waals surface area contributed by atoms with Crippen LogP contribution in [0.1, 0.15) is 43.1 Å². The number of carbonyl (C=O) groups is 1. The van der Waals surface area contributed by atoms with Gasteiger partial charge in [-0.3, -0.25) is 4.79 Å². The molecular weight excluding hydrogens is 409 g/mol. The Bertz CT molecular complexity index is 1000. The third kappa shape index (κ3) is 3.98. The minimum absolute atomic E-state index is 0.0640. The largest absolute Gasteiger partial charge is 0.497 e. The van der Waals surface area contributed by atoms with Gasteiger partial charge in [-0.05, 0) is 56.2 Å². The molecule has 1 N–H and O–H groups in total. The number of aromatic nitrogens is 2. The number of ether oxygens (including phenoxy) is 1. The van der Waals surface area contributed by atoms with Crippen molar-refractivity contribution < 1.29 is 13.9 Å². The Kier molecular flexibility index (Phi) is 5.61. The van der Waals surface area contributed by atoms with E-state index in [0.717, 1.165) is 12.3 Å². The molecule has 1 saturated heterocycles. The first-order chi connectivity index (χ1) is 15.5. The maximum Gasteiger partial charge on any atom is 0.270 e. The van der Waals surface area contributed by atoms with Gasteiger partial charge in [-0.2, -0.15) is 0 Å². The molecule has 4 unspecified atom stereocenters. The molecule has 0 radical (unpaired) electrons. The molecule has 8 heteroatoms. The summed E-state index contributed by atoms with van der Waals surface area (Å²) >= 11 is 0. The van der Waals surface area contributed by atoms with Crippen LogP contribution in [0.2, 0.25) is 0 Å². The van der Waals surface area contributed by atoms with E-state index in [2.05, 4.69) is 27.1 Å². The zero-order valence-electron chi connectivity index (χ0n) is 18.6. The third-order valence-electron chi connectivity index (χ3n) is 7.31. The van der Waals surface area contributed by atoms with Crippen molar-refractivity contribution in [1.29, 1.82) is 0 Å². The van der Waals surface area contributed by atoms with Crippen LogP contribution in [-0.4, -0.2) is 54.7 Å². The van der Waals surface area contributed by atoms with Crippen molar-refractivity contribution in [1.82, 2.24) is 15.3 Å². The molecule has 4 atom stereocenters. The lowest BCUT2D eigenvalue weighted by Crippen LogP contribution is -2.53. The van der Waals surface area contributed by atoms with Crippen LogP contribution in [0.15, 0.2) is 30.5 Å². The first-order valence-electron chi connectivity index (χ1n) is 11.5. The maximum atomic E-state index is 14.5. The second-order valence-electron chi connectivity index (χ2n) is 9.30. The van der Waals surface area contributed by atoms with Gasteiger partial charge in [0.1, 0.15) is 17.3 Å². The van der Waals surface area contributed by atoms with Gasteiger partial charge in [-0.25, -0.2) is 14.4 Å². The van der Waals surface area contributed by atoms with Crippen molar-refractivity contribution in [3.05, 3.63) is 42.0 Å². The first kappa shape index (κ1) is 21.0. The van der Waals surface area contributed by atoms with E-state index in [1.807, 2.05) is 4.90 Å². The number of carbonyl (C=O) groups excluding carboxylic acids is 1. The van der Waals surface area contributed by atoms with Crippen molar-refractivity contribution in [3.8, 4) is 5.75 Å². The van der Waals surface area contributed by atoms with Gasteiger partial charge in [0.2, 0.25) is 5.95 Å². The standard InChI is InChI=1S/C24H30FN5O2/c1-15-14-29(22-6-5-18(32-2)13-19(22)25)9-10-30(15)24-26-8-7-20(28-24)23(31)27-21-12-16-3-4-17(21)11-16/h5-8,13,15-17,21H,3-4,9-12,14H2,1-2H3,(H,27,31). The fourth-order valence-electron chi connectivity index (χ4n) is 5.62. The van der Waals surface area contributed by atoms with Gasteiger partial charge < -0.3 is 19.9 Å². The number of methoxy groups -OCH3 is 1. The number of halogens is 1. The van der Waals surface area contributed by atoms with E-state index in [0.29, 0.717) is 48.6 Å². The van der Waals surface area contributed by atoms with Crippen LogP contribution in [0.3, 0.4) is 0 Å². The quantitative estimate of drug-likeness (QED) is 0.771. The number of amides is 1. The van der Waals surface area contributed by atoms with Gasteiger partial charge in [-0.1, -0.05) is 6.42 Å². The summed E-state index contributed by atoms with van der Waals surface area (Å²) in [6, 6.07) is 6.97. The van der Waals surface area contributed by atoms with Crippen LogP contribution in [0, 0.1) is 17.7 Å². The summed E-state index contributed by atoms with van der Waals surface area (Å²) in [7, 11) is 1.53. The molecule has 2 saturated carbocycles. The smallest absolute Gasteiger partial charge is 0.270 e. The molecular formula is C24H30FN5O2. The summed E-state index contributed by atoms with van der Waals surface area (Å²) in [5.74, 6) is 2.05. The summed E-state index contributed by atoms with van der Waals surface area (Å²) < 4.78 is 19.6. The minimum atomic E-state index is -0.291. The molecule has 1 aliphatic heterocycles. The number of nitrogens with zero attached hydrogens (tertiary/aromatic N) is 4. The molecule has 1 aromatic heterocycles. The lowest BCUT2D eigenvalue weighted by Gasteiger charge is -2.41. The van der Waals surface area contributed by atoms with Crippen LogP contribution in [-0.2, 0) is 0 Å². The number of piperazine rings is 1. The van der Waals surface area contributed by atoms with E-state index in [-0.39, 0.29) is 23.8 Å². The molecule has 2 aromatic rings. The van der Waals surface area contributed by atoms with Gasteiger partial charge in [-0.15, -0.1) is 0 Å². The summed E-state index contributed by atoms with van der Waals surface area (Å²) in [4.78, 5) is 26.0. The van der Waals surface area contributed by atoms with Crippen molar-refractivity contribution in [2.75, 3.05) is 36.5 Å². The Morgan fingerprint density at radius 2 is 2.09 bits per heavy atom. The van der Waals surface area contributed by atoms with Gasteiger partial charge in [0.25, 0.3) is 5.91 Å². The highest BCUT2D eigenvalue weighted by Crippen LogP contribution is 2.44.